The Labute approximate surface area is 99.5 Å². The topological polar surface area (TPSA) is 68.0 Å². The van der Waals surface area contributed by atoms with Gasteiger partial charge < -0.3 is 11.1 Å². The normalized spacial score (nSPS) is 9.94. The van der Waals surface area contributed by atoms with Gasteiger partial charge >= 0.3 is 0 Å². The minimum Gasteiger partial charge on any atom is -0.326 e. The van der Waals surface area contributed by atoms with Crippen LogP contribution in [-0.2, 0) is 6.54 Å². The van der Waals surface area contributed by atoms with Gasteiger partial charge in [-0.2, -0.15) is 0 Å². The maximum atomic E-state index is 11.8. The van der Waals surface area contributed by atoms with E-state index in [4.69, 9.17) is 5.73 Å². The van der Waals surface area contributed by atoms with Crippen LogP contribution in [0.1, 0.15) is 15.9 Å². The zero-order valence-electron chi connectivity index (χ0n) is 9.26. The van der Waals surface area contributed by atoms with Gasteiger partial charge in [0.1, 0.15) is 5.82 Å². The Bertz CT molecular complexity index is 494. The highest BCUT2D eigenvalue weighted by Crippen LogP contribution is 2.07. The quantitative estimate of drug-likeness (QED) is 0.840. The predicted molar refractivity (Wildman–Crippen MR) is 66.5 cm³/mol. The Morgan fingerprint density at radius 2 is 1.94 bits per heavy atom. The summed E-state index contributed by atoms with van der Waals surface area (Å²) in [5.41, 5.74) is 7.01. The van der Waals surface area contributed by atoms with E-state index >= 15 is 0 Å². The Hall–Kier alpha value is -2.20. The molecule has 4 nitrogen and oxygen atoms in total. The highest BCUT2D eigenvalue weighted by Gasteiger charge is 2.05. The Morgan fingerprint density at radius 3 is 2.53 bits per heavy atom. The molecule has 0 fully saturated rings. The molecular weight excluding hydrogens is 214 g/mol. The number of hydrogen-bond acceptors (Lipinski definition) is 3. The monoisotopic (exact) mass is 227 g/mol. The molecule has 0 saturated carbocycles. The lowest BCUT2D eigenvalue weighted by Crippen LogP contribution is -2.12. The maximum Gasteiger partial charge on any atom is 0.256 e. The third-order valence-corrected chi connectivity index (χ3v) is 2.34. The number of aromatic nitrogens is 1. The van der Waals surface area contributed by atoms with Gasteiger partial charge in [0.2, 0.25) is 0 Å². The second-order valence-electron chi connectivity index (χ2n) is 3.58. The van der Waals surface area contributed by atoms with E-state index in [0.29, 0.717) is 17.9 Å². The van der Waals surface area contributed by atoms with Gasteiger partial charge in [-0.1, -0.05) is 24.3 Å². The van der Waals surface area contributed by atoms with E-state index in [1.807, 2.05) is 24.3 Å². The average molecular weight is 227 g/mol. The van der Waals surface area contributed by atoms with Crippen LogP contribution in [0.2, 0.25) is 0 Å². The third-order valence-electron chi connectivity index (χ3n) is 2.34. The van der Waals surface area contributed by atoms with Gasteiger partial charge in [-0.05, 0) is 23.8 Å². The van der Waals surface area contributed by atoms with Crippen molar-refractivity contribution in [2.24, 2.45) is 5.73 Å². The fraction of sp³-hybridized carbons (Fsp3) is 0.0769. The number of nitrogens with one attached hydrogen (secondary N) is 1. The first kappa shape index (κ1) is 11.3. The fourth-order valence-electron chi connectivity index (χ4n) is 1.40. The number of carbonyl (C=O) groups excluding carboxylic acids is 1. The van der Waals surface area contributed by atoms with Gasteiger partial charge in [-0.25, -0.2) is 4.98 Å². The Morgan fingerprint density at radius 1 is 1.18 bits per heavy atom. The van der Waals surface area contributed by atoms with Gasteiger partial charge in [-0.3, -0.25) is 4.79 Å². The lowest BCUT2D eigenvalue weighted by atomic mass is 10.2. The first-order valence-corrected chi connectivity index (χ1v) is 5.31. The summed E-state index contributed by atoms with van der Waals surface area (Å²) < 4.78 is 0. The van der Waals surface area contributed by atoms with Crippen molar-refractivity contribution in [1.29, 1.82) is 0 Å². The molecule has 17 heavy (non-hydrogen) atoms. The van der Waals surface area contributed by atoms with Crippen molar-refractivity contribution in [2.75, 3.05) is 5.32 Å². The van der Waals surface area contributed by atoms with E-state index in [0.717, 1.165) is 5.56 Å². The van der Waals surface area contributed by atoms with Crippen LogP contribution in [0.5, 0.6) is 0 Å². The van der Waals surface area contributed by atoms with Crippen LogP contribution in [0.4, 0.5) is 5.82 Å². The van der Waals surface area contributed by atoms with E-state index < -0.39 is 0 Å². The molecule has 2 rings (SSSR count). The molecule has 0 spiro atoms. The molecule has 2 aromatic rings. The maximum absolute atomic E-state index is 11.8. The Balaban J connectivity index is 2.08. The summed E-state index contributed by atoms with van der Waals surface area (Å²) in [6.07, 6.45) is 1.65. The third kappa shape index (κ3) is 2.89. The summed E-state index contributed by atoms with van der Waals surface area (Å²) >= 11 is 0. The predicted octanol–water partition coefficient (Wildman–Crippen LogP) is 1.79. The molecular formula is C13H13N3O. The minimum atomic E-state index is -0.168. The number of benzene rings is 1. The molecule has 1 aromatic carbocycles. The van der Waals surface area contributed by atoms with Crippen molar-refractivity contribution < 1.29 is 4.79 Å². The van der Waals surface area contributed by atoms with Crippen molar-refractivity contribution in [2.45, 2.75) is 6.54 Å². The molecule has 0 aliphatic heterocycles. The first-order chi connectivity index (χ1) is 8.29. The summed E-state index contributed by atoms with van der Waals surface area (Å²) in [7, 11) is 0. The fourth-order valence-corrected chi connectivity index (χ4v) is 1.40. The van der Waals surface area contributed by atoms with Crippen LogP contribution in [0.3, 0.4) is 0 Å². The summed E-state index contributed by atoms with van der Waals surface area (Å²) in [6.45, 7) is 0.444. The van der Waals surface area contributed by atoms with Gasteiger partial charge in [0.05, 0.1) is 0 Å². The van der Waals surface area contributed by atoms with Crippen molar-refractivity contribution in [1.82, 2.24) is 4.98 Å². The zero-order chi connectivity index (χ0) is 12.1. The van der Waals surface area contributed by atoms with E-state index in [2.05, 4.69) is 10.3 Å². The number of carbonyl (C=O) groups is 1. The standard InChI is InChI=1S/C13H13N3O/c14-8-10-6-7-12(15-9-10)16-13(17)11-4-2-1-3-5-11/h1-7,9H,8,14H2,(H,15,16,17). The van der Waals surface area contributed by atoms with E-state index in [-0.39, 0.29) is 5.91 Å². The molecule has 1 heterocycles. The molecule has 0 aliphatic carbocycles. The highest BCUT2D eigenvalue weighted by molar-refractivity contribution is 6.03. The van der Waals surface area contributed by atoms with Gasteiger partial charge in [0.15, 0.2) is 0 Å². The molecule has 3 N–H and O–H groups in total. The molecule has 0 radical (unpaired) electrons. The van der Waals surface area contributed by atoms with Crippen molar-refractivity contribution in [3.8, 4) is 0 Å². The van der Waals surface area contributed by atoms with E-state index in [1.54, 1.807) is 24.4 Å². The minimum absolute atomic E-state index is 0.168. The average Bonchev–Trinajstić information content (AvgIpc) is 2.40. The van der Waals surface area contributed by atoms with Crippen LogP contribution in [0, 0.1) is 0 Å². The molecule has 0 aliphatic rings. The van der Waals surface area contributed by atoms with Crippen molar-refractivity contribution in [3.05, 3.63) is 59.8 Å². The lowest BCUT2D eigenvalue weighted by Gasteiger charge is -2.04. The molecule has 86 valence electrons. The number of nitrogens with two attached hydrogens (primary N) is 1. The lowest BCUT2D eigenvalue weighted by molar-refractivity contribution is 0.102. The first-order valence-electron chi connectivity index (χ1n) is 5.31. The number of anilines is 1. The van der Waals surface area contributed by atoms with Crippen LogP contribution in [-0.4, -0.2) is 10.9 Å². The SMILES string of the molecule is NCc1ccc(NC(=O)c2ccccc2)nc1. The number of amides is 1. The van der Waals surface area contributed by atoms with Crippen molar-refractivity contribution >= 4 is 11.7 Å². The summed E-state index contributed by atoms with van der Waals surface area (Å²) in [4.78, 5) is 15.9. The van der Waals surface area contributed by atoms with Crippen LogP contribution in [0.15, 0.2) is 48.7 Å². The summed E-state index contributed by atoms with van der Waals surface area (Å²) in [6, 6.07) is 12.6. The van der Waals surface area contributed by atoms with Crippen LogP contribution in [0.25, 0.3) is 0 Å². The number of pyridine rings is 1. The summed E-state index contributed by atoms with van der Waals surface area (Å²) in [5.74, 6) is 0.356. The smallest absolute Gasteiger partial charge is 0.256 e. The molecule has 0 saturated heterocycles. The second kappa shape index (κ2) is 5.23. The second-order valence-corrected chi connectivity index (χ2v) is 3.58. The largest absolute Gasteiger partial charge is 0.326 e. The van der Waals surface area contributed by atoms with Gasteiger partial charge in [-0.15, -0.1) is 0 Å². The zero-order valence-corrected chi connectivity index (χ0v) is 9.26. The number of rotatable bonds is 3. The molecule has 1 aromatic heterocycles. The highest BCUT2D eigenvalue weighted by atomic mass is 16.1. The van der Waals surface area contributed by atoms with Crippen molar-refractivity contribution in [3.63, 3.8) is 0 Å². The van der Waals surface area contributed by atoms with Crippen LogP contribution < -0.4 is 11.1 Å². The van der Waals surface area contributed by atoms with E-state index in [1.165, 1.54) is 0 Å². The van der Waals surface area contributed by atoms with E-state index in [9.17, 15) is 4.79 Å². The molecule has 4 heteroatoms. The van der Waals surface area contributed by atoms with Gasteiger partial charge in [0.25, 0.3) is 5.91 Å². The molecule has 0 bridgehead atoms. The van der Waals surface area contributed by atoms with Gasteiger partial charge in [0, 0.05) is 18.3 Å². The molecule has 0 unspecified atom stereocenters. The van der Waals surface area contributed by atoms with Crippen LogP contribution >= 0.6 is 0 Å². The molecule has 0 atom stereocenters. The summed E-state index contributed by atoms with van der Waals surface area (Å²) in [5, 5.41) is 2.72. The Kier molecular flexibility index (Phi) is 3.47. The number of hydrogen-bond donors (Lipinski definition) is 2. The molecule has 1 amide bonds. The number of nitrogens with zero attached hydrogens (tertiary/aromatic N) is 1.